The van der Waals surface area contributed by atoms with Gasteiger partial charge < -0.3 is 9.84 Å². The number of carbonyl (C=O) groups excluding carboxylic acids is 1. The third-order valence-electron chi connectivity index (χ3n) is 3.99. The Labute approximate surface area is 145 Å². The molecule has 4 nitrogen and oxygen atoms in total. The number of hydrogen-bond donors (Lipinski definition) is 1. The van der Waals surface area contributed by atoms with Gasteiger partial charge >= 0.3 is 5.97 Å². The first-order chi connectivity index (χ1) is 11.6. The molecule has 1 aromatic rings. The van der Waals surface area contributed by atoms with E-state index in [0.717, 1.165) is 31.6 Å². The summed E-state index contributed by atoms with van der Waals surface area (Å²) in [5, 5.41) is 8.56. The number of ketones is 1. The van der Waals surface area contributed by atoms with E-state index in [1.54, 1.807) is 0 Å². The van der Waals surface area contributed by atoms with E-state index in [4.69, 9.17) is 9.84 Å². The molecule has 24 heavy (non-hydrogen) atoms. The molecule has 1 N–H and O–H groups in total. The molecule has 0 aromatic heterocycles. The molecule has 0 spiro atoms. The minimum Gasteiger partial charge on any atom is -0.494 e. The second kappa shape index (κ2) is 12.6. The van der Waals surface area contributed by atoms with Gasteiger partial charge in [-0.1, -0.05) is 39.0 Å². The van der Waals surface area contributed by atoms with Gasteiger partial charge in [0.1, 0.15) is 5.75 Å². The monoisotopic (exact) mass is 334 g/mol. The minimum absolute atomic E-state index is 0.108. The van der Waals surface area contributed by atoms with Crippen LogP contribution in [0, 0.1) is 0 Å². The highest BCUT2D eigenvalue weighted by Crippen LogP contribution is 2.16. The van der Waals surface area contributed by atoms with Crippen LogP contribution in [0.2, 0.25) is 0 Å². The Balaban J connectivity index is 2.20. The molecule has 1 rings (SSSR count). The van der Waals surface area contributed by atoms with Crippen molar-refractivity contribution < 1.29 is 19.4 Å². The van der Waals surface area contributed by atoms with Crippen LogP contribution in [0.25, 0.3) is 0 Å². The minimum atomic E-state index is -0.776. The van der Waals surface area contributed by atoms with Crippen molar-refractivity contribution in [3.63, 3.8) is 0 Å². The van der Waals surface area contributed by atoms with Crippen LogP contribution in [0.5, 0.6) is 5.75 Å². The maximum atomic E-state index is 12.1. The van der Waals surface area contributed by atoms with Crippen LogP contribution >= 0.6 is 0 Å². The fourth-order valence-corrected chi connectivity index (χ4v) is 2.52. The Morgan fingerprint density at radius 3 is 2.17 bits per heavy atom. The fraction of sp³-hybridized carbons (Fsp3) is 0.600. The molecular weight excluding hydrogens is 304 g/mol. The van der Waals surface area contributed by atoms with Gasteiger partial charge in [-0.15, -0.1) is 0 Å². The molecule has 1 aromatic carbocycles. The normalized spacial score (nSPS) is 10.5. The van der Waals surface area contributed by atoms with E-state index in [1.165, 1.54) is 25.7 Å². The van der Waals surface area contributed by atoms with Crippen molar-refractivity contribution in [1.82, 2.24) is 0 Å². The maximum Gasteiger partial charge on any atom is 0.303 e. The number of rotatable bonds is 14. The number of unbranched alkanes of at least 4 members (excludes halogenated alkanes) is 6. The molecule has 4 heteroatoms. The van der Waals surface area contributed by atoms with Crippen molar-refractivity contribution >= 4 is 11.8 Å². The first-order valence-electron chi connectivity index (χ1n) is 9.11. The Morgan fingerprint density at radius 2 is 1.50 bits per heavy atom. The van der Waals surface area contributed by atoms with Crippen molar-refractivity contribution in [3.05, 3.63) is 29.8 Å². The SMILES string of the molecule is CCCCCCCOc1ccc(C(=O)CCCCCC(=O)O)cc1. The molecule has 0 bridgehead atoms. The maximum absolute atomic E-state index is 12.1. The molecule has 0 unspecified atom stereocenters. The third kappa shape index (κ3) is 9.33. The Morgan fingerprint density at radius 1 is 0.875 bits per heavy atom. The van der Waals surface area contributed by atoms with Gasteiger partial charge in [0.05, 0.1) is 6.61 Å². The summed E-state index contributed by atoms with van der Waals surface area (Å²) in [4.78, 5) is 22.5. The van der Waals surface area contributed by atoms with E-state index in [1.807, 2.05) is 24.3 Å². The number of benzene rings is 1. The highest BCUT2D eigenvalue weighted by molar-refractivity contribution is 5.96. The number of Topliss-reactive ketones (excluding diaryl/α,β-unsaturated/α-hetero) is 1. The summed E-state index contributed by atoms with van der Waals surface area (Å²) in [6.07, 6.45) is 8.86. The second-order valence-electron chi connectivity index (χ2n) is 6.16. The van der Waals surface area contributed by atoms with Gasteiger partial charge in [-0.3, -0.25) is 9.59 Å². The number of hydrogen-bond acceptors (Lipinski definition) is 3. The van der Waals surface area contributed by atoms with Crippen LogP contribution in [0.4, 0.5) is 0 Å². The van der Waals surface area contributed by atoms with Gasteiger partial charge in [-0.05, 0) is 43.5 Å². The highest BCUT2D eigenvalue weighted by atomic mass is 16.5. The fourth-order valence-electron chi connectivity index (χ4n) is 2.52. The summed E-state index contributed by atoms with van der Waals surface area (Å²) in [5.41, 5.74) is 0.698. The zero-order valence-electron chi connectivity index (χ0n) is 14.8. The van der Waals surface area contributed by atoms with Crippen LogP contribution < -0.4 is 4.74 Å². The van der Waals surface area contributed by atoms with E-state index < -0.39 is 5.97 Å². The van der Waals surface area contributed by atoms with E-state index >= 15 is 0 Å². The molecule has 0 aliphatic rings. The zero-order chi connectivity index (χ0) is 17.6. The molecule has 0 radical (unpaired) electrons. The Hall–Kier alpha value is -1.84. The Kier molecular flexibility index (Phi) is 10.6. The number of carboxylic acid groups (broad SMARTS) is 1. The predicted molar refractivity (Wildman–Crippen MR) is 95.7 cm³/mol. The quantitative estimate of drug-likeness (QED) is 0.372. The van der Waals surface area contributed by atoms with Gasteiger partial charge in [-0.2, -0.15) is 0 Å². The number of aliphatic carboxylic acids is 1. The van der Waals surface area contributed by atoms with Gasteiger partial charge in [0, 0.05) is 18.4 Å². The first kappa shape index (κ1) is 20.2. The van der Waals surface area contributed by atoms with Gasteiger partial charge in [0.25, 0.3) is 0 Å². The summed E-state index contributed by atoms with van der Waals surface area (Å²) in [7, 11) is 0. The molecule has 134 valence electrons. The molecule has 0 saturated heterocycles. The summed E-state index contributed by atoms with van der Waals surface area (Å²) < 4.78 is 5.69. The van der Waals surface area contributed by atoms with Crippen LogP contribution in [-0.4, -0.2) is 23.5 Å². The van der Waals surface area contributed by atoms with E-state index in [2.05, 4.69) is 6.92 Å². The summed E-state index contributed by atoms with van der Waals surface area (Å²) in [5.74, 6) is 0.141. The van der Waals surface area contributed by atoms with Gasteiger partial charge in [0.15, 0.2) is 5.78 Å². The largest absolute Gasteiger partial charge is 0.494 e. The van der Waals surface area contributed by atoms with Gasteiger partial charge in [0.2, 0.25) is 0 Å². The van der Waals surface area contributed by atoms with Gasteiger partial charge in [-0.25, -0.2) is 0 Å². The molecule has 0 aliphatic heterocycles. The van der Waals surface area contributed by atoms with E-state index in [-0.39, 0.29) is 12.2 Å². The van der Waals surface area contributed by atoms with E-state index in [9.17, 15) is 9.59 Å². The van der Waals surface area contributed by atoms with Crippen LogP contribution in [0.15, 0.2) is 24.3 Å². The topological polar surface area (TPSA) is 63.6 Å². The highest BCUT2D eigenvalue weighted by Gasteiger charge is 2.06. The van der Waals surface area contributed by atoms with Crippen LogP contribution in [-0.2, 0) is 4.79 Å². The lowest BCUT2D eigenvalue weighted by atomic mass is 10.0. The summed E-state index contributed by atoms with van der Waals surface area (Å²) in [6.45, 7) is 2.93. The smallest absolute Gasteiger partial charge is 0.303 e. The average Bonchev–Trinajstić information content (AvgIpc) is 2.58. The summed E-state index contributed by atoms with van der Waals surface area (Å²) >= 11 is 0. The molecule has 0 aliphatic carbocycles. The average molecular weight is 334 g/mol. The zero-order valence-corrected chi connectivity index (χ0v) is 14.8. The molecule has 0 saturated carbocycles. The van der Waals surface area contributed by atoms with Crippen LogP contribution in [0.3, 0.4) is 0 Å². The summed E-state index contributed by atoms with van der Waals surface area (Å²) in [6, 6.07) is 7.32. The van der Waals surface area contributed by atoms with Crippen molar-refractivity contribution in [2.75, 3.05) is 6.61 Å². The van der Waals surface area contributed by atoms with Crippen molar-refractivity contribution in [2.24, 2.45) is 0 Å². The lowest BCUT2D eigenvalue weighted by Crippen LogP contribution is -2.01. The lowest BCUT2D eigenvalue weighted by Gasteiger charge is -2.07. The van der Waals surface area contributed by atoms with Crippen molar-refractivity contribution in [1.29, 1.82) is 0 Å². The second-order valence-corrected chi connectivity index (χ2v) is 6.16. The molecular formula is C20H30O4. The van der Waals surface area contributed by atoms with Crippen LogP contribution in [0.1, 0.15) is 81.5 Å². The van der Waals surface area contributed by atoms with Crippen molar-refractivity contribution in [3.8, 4) is 5.75 Å². The molecule has 0 amide bonds. The number of carboxylic acids is 1. The predicted octanol–water partition coefficient (Wildman–Crippen LogP) is 5.25. The molecule has 0 heterocycles. The number of ether oxygens (including phenoxy) is 1. The lowest BCUT2D eigenvalue weighted by molar-refractivity contribution is -0.137. The standard InChI is InChI=1S/C20H30O4/c1-2-3-4-5-9-16-24-18-14-12-17(13-15-18)19(21)10-7-6-8-11-20(22)23/h12-15H,2-11,16H2,1H3,(H,22,23). The Bertz CT molecular complexity index is 479. The van der Waals surface area contributed by atoms with E-state index in [0.29, 0.717) is 18.4 Å². The van der Waals surface area contributed by atoms with Crippen molar-refractivity contribution in [2.45, 2.75) is 71.1 Å². The first-order valence-corrected chi connectivity index (χ1v) is 9.11. The number of carbonyl (C=O) groups is 2. The molecule has 0 atom stereocenters. The third-order valence-corrected chi connectivity index (χ3v) is 3.99. The molecule has 0 fully saturated rings.